The Hall–Kier alpha value is -3.40. The van der Waals surface area contributed by atoms with Crippen LogP contribution in [0.25, 0.3) is 0 Å². The summed E-state index contributed by atoms with van der Waals surface area (Å²) in [5, 5.41) is 0. The van der Waals surface area contributed by atoms with E-state index in [4.69, 9.17) is 4.74 Å². The first kappa shape index (κ1) is 22.3. The van der Waals surface area contributed by atoms with E-state index in [1.54, 1.807) is 36.2 Å². The topological polar surface area (TPSA) is 46.6 Å². The molecule has 0 saturated heterocycles. The van der Waals surface area contributed by atoms with Crippen molar-refractivity contribution in [3.8, 4) is 0 Å². The first-order valence-electron chi connectivity index (χ1n) is 10.4. The fourth-order valence-corrected chi connectivity index (χ4v) is 3.31. The van der Waals surface area contributed by atoms with Crippen LogP contribution < -0.4 is 0 Å². The molecule has 0 fully saturated rings. The Kier molecular flexibility index (Phi) is 6.91. The van der Waals surface area contributed by atoms with Crippen molar-refractivity contribution >= 4 is 11.9 Å². The minimum absolute atomic E-state index is 0.0697. The summed E-state index contributed by atoms with van der Waals surface area (Å²) in [6, 6.07) is 24.6. The van der Waals surface area contributed by atoms with Crippen molar-refractivity contribution < 1.29 is 14.3 Å². The standard InChI is InChI=1S/C27H29NO3/c1-27(2,3)22-16-14-21(15-17-22)19-31-26(30)24-13-9-8-12-23(24)25(29)28(4)18-20-10-6-5-7-11-20/h5-17H,18-19H2,1-4H3. The molecule has 1 amide bonds. The van der Waals surface area contributed by atoms with E-state index in [0.717, 1.165) is 11.1 Å². The van der Waals surface area contributed by atoms with Crippen LogP contribution in [-0.2, 0) is 23.3 Å². The van der Waals surface area contributed by atoms with Gasteiger partial charge < -0.3 is 9.64 Å². The van der Waals surface area contributed by atoms with Crippen LogP contribution in [0.1, 0.15) is 58.2 Å². The maximum absolute atomic E-state index is 13.0. The summed E-state index contributed by atoms with van der Waals surface area (Å²) in [6.45, 7) is 7.09. The number of ether oxygens (including phenoxy) is 1. The lowest BCUT2D eigenvalue weighted by Gasteiger charge is -2.19. The quantitative estimate of drug-likeness (QED) is 0.491. The second-order valence-electron chi connectivity index (χ2n) is 8.72. The highest BCUT2D eigenvalue weighted by molar-refractivity contribution is 6.05. The number of esters is 1. The van der Waals surface area contributed by atoms with Crippen LogP contribution in [0.3, 0.4) is 0 Å². The Balaban J connectivity index is 1.69. The number of nitrogens with zero attached hydrogens (tertiary/aromatic N) is 1. The zero-order chi connectivity index (χ0) is 22.4. The smallest absolute Gasteiger partial charge is 0.339 e. The molecule has 3 aromatic carbocycles. The molecule has 0 saturated carbocycles. The molecule has 4 heteroatoms. The van der Waals surface area contributed by atoms with Crippen molar-refractivity contribution in [3.63, 3.8) is 0 Å². The minimum atomic E-state index is -0.503. The minimum Gasteiger partial charge on any atom is -0.457 e. The predicted molar refractivity (Wildman–Crippen MR) is 123 cm³/mol. The van der Waals surface area contributed by atoms with Crippen LogP contribution in [0.15, 0.2) is 78.9 Å². The van der Waals surface area contributed by atoms with Gasteiger partial charge in [0, 0.05) is 13.6 Å². The van der Waals surface area contributed by atoms with Crippen LogP contribution in [0.5, 0.6) is 0 Å². The lowest BCUT2D eigenvalue weighted by Crippen LogP contribution is -2.28. The van der Waals surface area contributed by atoms with Gasteiger partial charge in [0.15, 0.2) is 0 Å². The van der Waals surface area contributed by atoms with Gasteiger partial charge in [-0.2, -0.15) is 0 Å². The Morgan fingerprint density at radius 3 is 1.97 bits per heavy atom. The highest BCUT2D eigenvalue weighted by Crippen LogP contribution is 2.22. The summed E-state index contributed by atoms with van der Waals surface area (Å²) in [5.74, 6) is -0.720. The van der Waals surface area contributed by atoms with E-state index in [1.165, 1.54) is 5.56 Å². The summed E-state index contributed by atoms with van der Waals surface area (Å²) in [4.78, 5) is 27.4. The fraction of sp³-hybridized carbons (Fsp3) is 0.259. The number of benzene rings is 3. The van der Waals surface area contributed by atoms with Crippen molar-refractivity contribution in [2.24, 2.45) is 0 Å². The van der Waals surface area contributed by atoms with Crippen LogP contribution in [0, 0.1) is 0 Å². The van der Waals surface area contributed by atoms with Gasteiger partial charge in [-0.15, -0.1) is 0 Å². The molecule has 0 spiro atoms. The number of amides is 1. The molecule has 3 rings (SSSR count). The summed E-state index contributed by atoms with van der Waals surface area (Å²) in [6.07, 6.45) is 0. The molecule has 0 aromatic heterocycles. The van der Waals surface area contributed by atoms with E-state index in [0.29, 0.717) is 12.1 Å². The number of rotatable bonds is 6. The largest absolute Gasteiger partial charge is 0.457 e. The Morgan fingerprint density at radius 2 is 1.35 bits per heavy atom. The Morgan fingerprint density at radius 1 is 0.774 bits per heavy atom. The van der Waals surface area contributed by atoms with Gasteiger partial charge in [-0.3, -0.25) is 4.79 Å². The highest BCUT2D eigenvalue weighted by Gasteiger charge is 2.21. The van der Waals surface area contributed by atoms with Crippen LogP contribution in [0.2, 0.25) is 0 Å². The molecular formula is C27H29NO3. The van der Waals surface area contributed by atoms with Gasteiger partial charge in [0.05, 0.1) is 11.1 Å². The molecule has 0 unspecified atom stereocenters. The molecular weight excluding hydrogens is 386 g/mol. The fourth-order valence-electron chi connectivity index (χ4n) is 3.31. The molecule has 0 aliphatic rings. The SMILES string of the molecule is CN(Cc1ccccc1)C(=O)c1ccccc1C(=O)OCc1ccc(C(C)(C)C)cc1. The second-order valence-corrected chi connectivity index (χ2v) is 8.72. The lowest BCUT2D eigenvalue weighted by atomic mass is 9.87. The molecule has 31 heavy (non-hydrogen) atoms. The molecule has 0 aliphatic carbocycles. The van der Waals surface area contributed by atoms with E-state index in [2.05, 4.69) is 32.9 Å². The first-order chi connectivity index (χ1) is 14.8. The van der Waals surface area contributed by atoms with Gasteiger partial charge >= 0.3 is 5.97 Å². The van der Waals surface area contributed by atoms with E-state index >= 15 is 0 Å². The maximum atomic E-state index is 13.0. The van der Waals surface area contributed by atoms with E-state index in [-0.39, 0.29) is 23.5 Å². The third-order valence-electron chi connectivity index (χ3n) is 5.18. The molecule has 0 atom stereocenters. The van der Waals surface area contributed by atoms with Crippen LogP contribution in [0.4, 0.5) is 0 Å². The van der Waals surface area contributed by atoms with Crippen LogP contribution >= 0.6 is 0 Å². The molecule has 4 nitrogen and oxygen atoms in total. The van der Waals surface area contributed by atoms with E-state index in [1.807, 2.05) is 42.5 Å². The van der Waals surface area contributed by atoms with Crippen molar-refractivity contribution in [1.82, 2.24) is 4.90 Å². The predicted octanol–water partition coefficient (Wildman–Crippen LogP) is 5.61. The highest BCUT2D eigenvalue weighted by atomic mass is 16.5. The lowest BCUT2D eigenvalue weighted by molar-refractivity contribution is 0.0467. The third kappa shape index (κ3) is 5.82. The molecule has 3 aromatic rings. The summed E-state index contributed by atoms with van der Waals surface area (Å²) >= 11 is 0. The molecule has 0 N–H and O–H groups in total. The summed E-state index contributed by atoms with van der Waals surface area (Å²) in [5.41, 5.74) is 3.84. The summed E-state index contributed by atoms with van der Waals surface area (Å²) < 4.78 is 5.52. The molecule has 160 valence electrons. The second kappa shape index (κ2) is 9.61. The number of hydrogen-bond acceptors (Lipinski definition) is 3. The molecule has 0 bridgehead atoms. The van der Waals surface area contributed by atoms with Crippen molar-refractivity contribution in [2.75, 3.05) is 7.05 Å². The van der Waals surface area contributed by atoms with Gasteiger partial charge in [-0.05, 0) is 34.2 Å². The zero-order valence-electron chi connectivity index (χ0n) is 18.6. The molecule has 0 heterocycles. The average molecular weight is 416 g/mol. The Bertz CT molecular complexity index is 1030. The maximum Gasteiger partial charge on any atom is 0.339 e. The van der Waals surface area contributed by atoms with Crippen molar-refractivity contribution in [3.05, 3.63) is 107 Å². The average Bonchev–Trinajstić information content (AvgIpc) is 2.77. The van der Waals surface area contributed by atoms with E-state index in [9.17, 15) is 9.59 Å². The van der Waals surface area contributed by atoms with Crippen molar-refractivity contribution in [1.29, 1.82) is 0 Å². The zero-order valence-corrected chi connectivity index (χ0v) is 18.6. The number of carbonyl (C=O) groups excluding carboxylic acids is 2. The van der Waals surface area contributed by atoms with Gasteiger partial charge in [0.2, 0.25) is 0 Å². The summed E-state index contributed by atoms with van der Waals surface area (Å²) in [7, 11) is 1.73. The Labute approximate surface area is 184 Å². The molecule has 0 aliphatic heterocycles. The number of hydrogen-bond donors (Lipinski definition) is 0. The van der Waals surface area contributed by atoms with Gasteiger partial charge in [-0.25, -0.2) is 4.79 Å². The van der Waals surface area contributed by atoms with Crippen molar-refractivity contribution in [2.45, 2.75) is 39.3 Å². The normalized spacial score (nSPS) is 11.1. The van der Waals surface area contributed by atoms with Gasteiger partial charge in [0.1, 0.15) is 6.61 Å². The van der Waals surface area contributed by atoms with Crippen LogP contribution in [-0.4, -0.2) is 23.8 Å². The monoisotopic (exact) mass is 415 g/mol. The van der Waals surface area contributed by atoms with Gasteiger partial charge in [0.25, 0.3) is 5.91 Å². The first-order valence-corrected chi connectivity index (χ1v) is 10.4. The number of carbonyl (C=O) groups is 2. The molecule has 0 radical (unpaired) electrons. The van der Waals surface area contributed by atoms with Gasteiger partial charge in [-0.1, -0.05) is 87.5 Å². The third-order valence-corrected chi connectivity index (χ3v) is 5.18. The van der Waals surface area contributed by atoms with E-state index < -0.39 is 5.97 Å².